The van der Waals surface area contributed by atoms with Crippen LogP contribution in [0.2, 0.25) is 0 Å². The fraction of sp³-hybridized carbons (Fsp3) is 0.364. The highest BCUT2D eigenvalue weighted by atomic mass is 32.2. The van der Waals surface area contributed by atoms with Crippen molar-refractivity contribution < 1.29 is 18.0 Å². The van der Waals surface area contributed by atoms with E-state index in [-0.39, 0.29) is 23.6 Å². The number of sulfone groups is 1. The molecule has 1 aliphatic heterocycles. The molecule has 0 aliphatic carbocycles. The quantitative estimate of drug-likeness (QED) is 0.815. The number of benzene rings is 2. The van der Waals surface area contributed by atoms with E-state index in [0.717, 1.165) is 5.56 Å². The normalized spacial score (nSPS) is 15.2. The number of aryl methyl sites for hydroxylation is 1. The van der Waals surface area contributed by atoms with E-state index in [0.29, 0.717) is 42.6 Å². The zero-order valence-electron chi connectivity index (χ0n) is 16.7. The Balaban J connectivity index is 1.58. The summed E-state index contributed by atoms with van der Waals surface area (Å²) < 4.78 is 23.0. The van der Waals surface area contributed by atoms with Crippen molar-refractivity contribution >= 4 is 21.7 Å². The van der Waals surface area contributed by atoms with Gasteiger partial charge in [-0.15, -0.1) is 0 Å². The summed E-state index contributed by atoms with van der Waals surface area (Å²) in [6.07, 6.45) is 2.55. The van der Waals surface area contributed by atoms with Gasteiger partial charge in [-0.2, -0.15) is 0 Å². The number of nitrogens with zero attached hydrogens (tertiary/aromatic N) is 1. The van der Waals surface area contributed by atoms with Crippen molar-refractivity contribution in [2.45, 2.75) is 31.6 Å². The van der Waals surface area contributed by atoms with E-state index in [9.17, 15) is 18.0 Å². The van der Waals surface area contributed by atoms with Gasteiger partial charge in [0.25, 0.3) is 11.8 Å². The molecule has 3 rings (SSSR count). The number of hydrogen-bond acceptors (Lipinski definition) is 4. The molecule has 0 unspecified atom stereocenters. The van der Waals surface area contributed by atoms with Crippen molar-refractivity contribution in [3.63, 3.8) is 0 Å². The van der Waals surface area contributed by atoms with E-state index in [1.54, 1.807) is 29.2 Å². The van der Waals surface area contributed by atoms with Gasteiger partial charge >= 0.3 is 0 Å². The van der Waals surface area contributed by atoms with E-state index in [4.69, 9.17) is 0 Å². The summed E-state index contributed by atoms with van der Waals surface area (Å²) in [4.78, 5) is 27.0. The van der Waals surface area contributed by atoms with Crippen molar-refractivity contribution in [2.24, 2.45) is 0 Å². The Hall–Kier alpha value is -2.67. The SMILES string of the molecule is Cc1ccccc1C(=O)NC1CCN(C(=O)c2cccc(CS(C)(=O)=O)c2)CC1. The summed E-state index contributed by atoms with van der Waals surface area (Å²) in [6, 6.07) is 14.3. The second-order valence-electron chi connectivity index (χ2n) is 7.63. The van der Waals surface area contributed by atoms with Gasteiger partial charge in [-0.3, -0.25) is 9.59 Å². The van der Waals surface area contributed by atoms with Crippen molar-refractivity contribution in [1.82, 2.24) is 10.2 Å². The molecule has 1 N–H and O–H groups in total. The Morgan fingerprint density at radius 3 is 2.41 bits per heavy atom. The monoisotopic (exact) mass is 414 g/mol. The zero-order valence-corrected chi connectivity index (χ0v) is 17.5. The number of likely N-dealkylation sites (tertiary alicyclic amines) is 1. The summed E-state index contributed by atoms with van der Waals surface area (Å²) in [5.41, 5.74) is 2.72. The van der Waals surface area contributed by atoms with E-state index in [1.165, 1.54) is 6.26 Å². The predicted molar refractivity (Wildman–Crippen MR) is 113 cm³/mol. The van der Waals surface area contributed by atoms with Crippen LogP contribution in [0.3, 0.4) is 0 Å². The molecule has 0 atom stereocenters. The largest absolute Gasteiger partial charge is 0.349 e. The maximum Gasteiger partial charge on any atom is 0.253 e. The van der Waals surface area contributed by atoms with E-state index in [1.807, 2.05) is 31.2 Å². The maximum atomic E-state index is 12.8. The summed E-state index contributed by atoms with van der Waals surface area (Å²) >= 11 is 0. The van der Waals surface area contributed by atoms with Crippen LogP contribution >= 0.6 is 0 Å². The molecule has 6 nitrogen and oxygen atoms in total. The predicted octanol–water partition coefficient (Wildman–Crippen LogP) is 2.57. The van der Waals surface area contributed by atoms with Crippen molar-refractivity contribution in [1.29, 1.82) is 0 Å². The van der Waals surface area contributed by atoms with Gasteiger partial charge in [0.05, 0.1) is 5.75 Å². The lowest BCUT2D eigenvalue weighted by Crippen LogP contribution is -2.46. The average molecular weight is 415 g/mol. The van der Waals surface area contributed by atoms with Crippen LogP contribution in [0.15, 0.2) is 48.5 Å². The Labute approximate surface area is 171 Å². The third-order valence-electron chi connectivity index (χ3n) is 5.11. The smallest absolute Gasteiger partial charge is 0.253 e. The molecule has 1 fully saturated rings. The Bertz CT molecular complexity index is 1010. The minimum atomic E-state index is -3.15. The first kappa shape index (κ1) is 21.0. The topological polar surface area (TPSA) is 83.6 Å². The molecule has 0 bridgehead atoms. The second kappa shape index (κ2) is 8.78. The molecule has 1 saturated heterocycles. The first-order valence-corrected chi connectivity index (χ1v) is 11.7. The summed E-state index contributed by atoms with van der Waals surface area (Å²) in [5, 5.41) is 3.07. The highest BCUT2D eigenvalue weighted by Crippen LogP contribution is 2.17. The molecule has 2 aromatic rings. The lowest BCUT2D eigenvalue weighted by atomic mass is 10.0. The van der Waals surface area contributed by atoms with Gasteiger partial charge in [-0.1, -0.05) is 30.3 Å². The number of carbonyl (C=O) groups is 2. The molecule has 2 aromatic carbocycles. The third kappa shape index (κ3) is 5.67. The number of rotatable bonds is 5. The Kier molecular flexibility index (Phi) is 6.37. The van der Waals surface area contributed by atoms with Gasteiger partial charge in [0.15, 0.2) is 9.84 Å². The number of carbonyl (C=O) groups excluding carboxylic acids is 2. The van der Waals surface area contributed by atoms with Crippen LogP contribution in [0.25, 0.3) is 0 Å². The average Bonchev–Trinajstić information content (AvgIpc) is 2.67. The molecule has 1 aliphatic rings. The fourth-order valence-electron chi connectivity index (χ4n) is 3.60. The van der Waals surface area contributed by atoms with Crippen LogP contribution < -0.4 is 5.32 Å². The molecule has 0 spiro atoms. The van der Waals surface area contributed by atoms with E-state index < -0.39 is 9.84 Å². The van der Waals surface area contributed by atoms with Gasteiger partial charge in [-0.25, -0.2) is 8.42 Å². The minimum absolute atomic E-state index is 0.0303. The number of piperidine rings is 1. The highest BCUT2D eigenvalue weighted by molar-refractivity contribution is 7.89. The molecular formula is C22H26N2O4S. The van der Waals surface area contributed by atoms with Crippen molar-refractivity contribution in [2.75, 3.05) is 19.3 Å². The molecule has 2 amide bonds. The van der Waals surface area contributed by atoms with Crippen LogP contribution in [0, 0.1) is 6.92 Å². The highest BCUT2D eigenvalue weighted by Gasteiger charge is 2.25. The van der Waals surface area contributed by atoms with Crippen LogP contribution in [-0.4, -0.2) is 50.5 Å². The molecule has 0 saturated carbocycles. The van der Waals surface area contributed by atoms with E-state index in [2.05, 4.69) is 5.32 Å². The number of nitrogens with one attached hydrogen (secondary N) is 1. The number of amides is 2. The van der Waals surface area contributed by atoms with Crippen molar-refractivity contribution in [3.05, 3.63) is 70.8 Å². The minimum Gasteiger partial charge on any atom is -0.349 e. The van der Waals surface area contributed by atoms with Gasteiger partial charge in [-0.05, 0) is 49.1 Å². The van der Waals surface area contributed by atoms with E-state index >= 15 is 0 Å². The lowest BCUT2D eigenvalue weighted by Gasteiger charge is -2.32. The first-order valence-electron chi connectivity index (χ1n) is 9.65. The Morgan fingerprint density at radius 2 is 1.76 bits per heavy atom. The van der Waals surface area contributed by atoms with Gasteiger partial charge < -0.3 is 10.2 Å². The van der Waals surface area contributed by atoms with Gasteiger partial charge in [0, 0.05) is 36.5 Å². The van der Waals surface area contributed by atoms with Gasteiger partial charge in [0.1, 0.15) is 0 Å². The molecule has 29 heavy (non-hydrogen) atoms. The van der Waals surface area contributed by atoms with Crippen LogP contribution in [0.4, 0.5) is 0 Å². The molecule has 0 aromatic heterocycles. The standard InChI is InChI=1S/C22H26N2O4S/c1-16-6-3-4-9-20(16)21(25)23-19-10-12-24(13-11-19)22(26)18-8-5-7-17(14-18)15-29(2,27)28/h3-9,14,19H,10-13,15H2,1-2H3,(H,23,25). The summed E-state index contributed by atoms with van der Waals surface area (Å²) in [7, 11) is -3.15. The third-order valence-corrected chi connectivity index (χ3v) is 5.97. The molecular weight excluding hydrogens is 388 g/mol. The fourth-order valence-corrected chi connectivity index (χ4v) is 4.38. The van der Waals surface area contributed by atoms with Gasteiger partial charge in [0.2, 0.25) is 0 Å². The van der Waals surface area contributed by atoms with Crippen molar-refractivity contribution in [3.8, 4) is 0 Å². The molecule has 0 radical (unpaired) electrons. The number of hydrogen-bond donors (Lipinski definition) is 1. The lowest BCUT2D eigenvalue weighted by molar-refractivity contribution is 0.0698. The maximum absolute atomic E-state index is 12.8. The zero-order chi connectivity index (χ0) is 21.0. The molecule has 154 valence electrons. The van der Waals surface area contributed by atoms with Crippen LogP contribution in [-0.2, 0) is 15.6 Å². The first-order chi connectivity index (χ1) is 13.7. The summed E-state index contributed by atoms with van der Waals surface area (Å²) in [6.45, 7) is 3.01. The molecule has 7 heteroatoms. The van der Waals surface area contributed by atoms with Crippen LogP contribution in [0.1, 0.15) is 44.7 Å². The molecule has 1 heterocycles. The summed E-state index contributed by atoms with van der Waals surface area (Å²) in [5.74, 6) is -0.272. The Morgan fingerprint density at radius 1 is 1.07 bits per heavy atom. The van der Waals surface area contributed by atoms with Crippen LogP contribution in [0.5, 0.6) is 0 Å². The second-order valence-corrected chi connectivity index (χ2v) is 9.77.